The van der Waals surface area contributed by atoms with E-state index in [-0.39, 0.29) is 32.1 Å². The molecule has 3 rings (SSSR count). The van der Waals surface area contributed by atoms with Crippen LogP contribution in [-0.2, 0) is 14.3 Å². The second kappa shape index (κ2) is 7.06. The maximum Gasteiger partial charge on any atom is 0.319 e. The van der Waals surface area contributed by atoms with Crippen molar-refractivity contribution in [3.05, 3.63) is 48.3 Å². The molecule has 1 aromatic heterocycles. The normalized spacial score (nSPS) is 17.6. The van der Waals surface area contributed by atoms with Gasteiger partial charge in [-0.1, -0.05) is 30.3 Å². The first-order chi connectivity index (χ1) is 12.0. The lowest BCUT2D eigenvalue weighted by atomic mass is 9.79. The summed E-state index contributed by atoms with van der Waals surface area (Å²) >= 11 is 0. The van der Waals surface area contributed by atoms with Crippen molar-refractivity contribution < 1.29 is 19.4 Å². The van der Waals surface area contributed by atoms with Crippen LogP contribution in [0.25, 0.3) is 0 Å². The number of carboxylic acids is 1. The first-order valence-corrected chi connectivity index (χ1v) is 8.24. The lowest BCUT2D eigenvalue weighted by molar-refractivity contribution is -0.160. The van der Waals surface area contributed by atoms with Gasteiger partial charge in [-0.2, -0.15) is 5.10 Å². The van der Waals surface area contributed by atoms with E-state index in [1.807, 2.05) is 37.3 Å². The highest BCUT2D eigenvalue weighted by Crippen LogP contribution is 2.32. The SMILES string of the molecule is CC(c1ccccc1)n1cc(NC(=O)C2(C(=O)O)CCOCC2)cn1. The first kappa shape index (κ1) is 17.2. The van der Waals surface area contributed by atoms with E-state index in [4.69, 9.17) is 4.74 Å². The summed E-state index contributed by atoms with van der Waals surface area (Å²) in [5.41, 5.74) is 0.139. The summed E-state index contributed by atoms with van der Waals surface area (Å²) < 4.78 is 6.94. The molecule has 1 unspecified atom stereocenters. The molecule has 0 saturated carbocycles. The molecule has 2 N–H and O–H groups in total. The zero-order chi connectivity index (χ0) is 17.9. The second-order valence-electron chi connectivity index (χ2n) is 6.25. The number of nitrogens with one attached hydrogen (secondary N) is 1. The number of hydrogen-bond donors (Lipinski definition) is 2. The van der Waals surface area contributed by atoms with E-state index >= 15 is 0 Å². The first-order valence-electron chi connectivity index (χ1n) is 8.24. The monoisotopic (exact) mass is 343 g/mol. The molecule has 1 saturated heterocycles. The molecule has 1 aliphatic heterocycles. The van der Waals surface area contributed by atoms with Crippen LogP contribution in [0.1, 0.15) is 31.4 Å². The Kier molecular flexibility index (Phi) is 4.85. The van der Waals surface area contributed by atoms with Crippen LogP contribution in [0.2, 0.25) is 0 Å². The van der Waals surface area contributed by atoms with Crippen LogP contribution < -0.4 is 5.32 Å². The third-order valence-electron chi connectivity index (χ3n) is 4.73. The van der Waals surface area contributed by atoms with E-state index in [2.05, 4.69) is 10.4 Å². The van der Waals surface area contributed by atoms with Gasteiger partial charge in [0.15, 0.2) is 5.41 Å². The largest absolute Gasteiger partial charge is 0.480 e. The topological polar surface area (TPSA) is 93.5 Å². The minimum Gasteiger partial charge on any atom is -0.480 e. The fourth-order valence-electron chi connectivity index (χ4n) is 3.01. The zero-order valence-electron chi connectivity index (χ0n) is 14.0. The van der Waals surface area contributed by atoms with Gasteiger partial charge in [-0.15, -0.1) is 0 Å². The number of anilines is 1. The van der Waals surface area contributed by atoms with Gasteiger partial charge in [-0.3, -0.25) is 14.3 Å². The van der Waals surface area contributed by atoms with Gasteiger partial charge in [-0.25, -0.2) is 0 Å². The van der Waals surface area contributed by atoms with E-state index < -0.39 is 17.3 Å². The van der Waals surface area contributed by atoms with Gasteiger partial charge in [0.2, 0.25) is 5.91 Å². The summed E-state index contributed by atoms with van der Waals surface area (Å²) in [7, 11) is 0. The molecule has 7 nitrogen and oxygen atoms in total. The number of carboxylic acid groups (broad SMARTS) is 1. The highest BCUT2D eigenvalue weighted by atomic mass is 16.5. The zero-order valence-corrected chi connectivity index (χ0v) is 14.0. The number of ether oxygens (including phenoxy) is 1. The fourth-order valence-corrected chi connectivity index (χ4v) is 3.01. The summed E-state index contributed by atoms with van der Waals surface area (Å²) in [6.07, 6.45) is 3.59. The van der Waals surface area contributed by atoms with Crippen molar-refractivity contribution in [1.29, 1.82) is 0 Å². The summed E-state index contributed by atoms with van der Waals surface area (Å²) in [5.74, 6) is -1.63. The van der Waals surface area contributed by atoms with E-state index in [1.165, 1.54) is 6.20 Å². The van der Waals surface area contributed by atoms with Crippen LogP contribution in [-0.4, -0.2) is 40.0 Å². The number of aromatic nitrogens is 2. The highest BCUT2D eigenvalue weighted by Gasteiger charge is 2.47. The molecule has 1 atom stereocenters. The minimum atomic E-state index is -1.44. The Balaban J connectivity index is 1.74. The summed E-state index contributed by atoms with van der Waals surface area (Å²) in [5, 5.41) is 16.5. The number of rotatable bonds is 5. The Morgan fingerprint density at radius 1 is 1.28 bits per heavy atom. The van der Waals surface area contributed by atoms with Crippen LogP contribution >= 0.6 is 0 Å². The lowest BCUT2D eigenvalue weighted by Crippen LogP contribution is -2.47. The maximum atomic E-state index is 12.6. The number of amides is 1. The van der Waals surface area contributed by atoms with Gasteiger partial charge >= 0.3 is 5.97 Å². The molecule has 25 heavy (non-hydrogen) atoms. The number of carbonyl (C=O) groups is 2. The molecule has 0 bridgehead atoms. The molecule has 0 radical (unpaired) electrons. The van der Waals surface area contributed by atoms with Crippen molar-refractivity contribution in [3.8, 4) is 0 Å². The molecule has 132 valence electrons. The van der Waals surface area contributed by atoms with E-state index in [0.29, 0.717) is 5.69 Å². The standard InChI is InChI=1S/C18H21N3O4/c1-13(14-5-3-2-4-6-14)21-12-15(11-19-21)20-16(22)18(17(23)24)7-9-25-10-8-18/h2-6,11-13H,7-10H2,1H3,(H,20,22)(H,23,24). The van der Waals surface area contributed by atoms with Gasteiger partial charge in [0.05, 0.1) is 17.9 Å². The smallest absolute Gasteiger partial charge is 0.319 e. The molecule has 1 fully saturated rings. The van der Waals surface area contributed by atoms with Crippen molar-refractivity contribution in [3.63, 3.8) is 0 Å². The number of benzene rings is 1. The molecule has 0 aliphatic carbocycles. The van der Waals surface area contributed by atoms with Crippen molar-refractivity contribution in [1.82, 2.24) is 9.78 Å². The molecule has 1 amide bonds. The van der Waals surface area contributed by atoms with Crippen molar-refractivity contribution in [2.75, 3.05) is 18.5 Å². The fraction of sp³-hybridized carbons (Fsp3) is 0.389. The summed E-state index contributed by atoms with van der Waals surface area (Å²) in [4.78, 5) is 24.3. The van der Waals surface area contributed by atoms with Crippen LogP contribution in [0.3, 0.4) is 0 Å². The molecule has 1 aromatic carbocycles. The average molecular weight is 343 g/mol. The van der Waals surface area contributed by atoms with E-state index in [0.717, 1.165) is 5.56 Å². The number of hydrogen-bond acceptors (Lipinski definition) is 4. The Morgan fingerprint density at radius 3 is 2.60 bits per heavy atom. The van der Waals surface area contributed by atoms with Crippen LogP contribution in [0.4, 0.5) is 5.69 Å². The predicted octanol–water partition coefficient (Wildman–Crippen LogP) is 2.31. The summed E-state index contributed by atoms with van der Waals surface area (Å²) in [6, 6.07) is 9.88. The van der Waals surface area contributed by atoms with Crippen molar-refractivity contribution in [2.45, 2.75) is 25.8 Å². The lowest BCUT2D eigenvalue weighted by Gasteiger charge is -2.31. The Labute approximate surface area is 145 Å². The molecule has 1 aliphatic rings. The van der Waals surface area contributed by atoms with Crippen LogP contribution in [0.15, 0.2) is 42.7 Å². The number of carbonyl (C=O) groups excluding carboxylic acids is 1. The summed E-state index contributed by atoms with van der Waals surface area (Å²) in [6.45, 7) is 2.54. The third kappa shape index (κ3) is 3.41. The van der Waals surface area contributed by atoms with Gasteiger partial charge in [0, 0.05) is 19.4 Å². The van der Waals surface area contributed by atoms with Crippen LogP contribution in [0.5, 0.6) is 0 Å². The van der Waals surface area contributed by atoms with Crippen LogP contribution in [0, 0.1) is 5.41 Å². The molecular formula is C18H21N3O4. The van der Waals surface area contributed by atoms with Gasteiger partial charge in [0.1, 0.15) is 0 Å². The molecule has 7 heteroatoms. The highest BCUT2D eigenvalue weighted by molar-refractivity contribution is 6.08. The maximum absolute atomic E-state index is 12.6. The molecule has 0 spiro atoms. The van der Waals surface area contributed by atoms with E-state index in [1.54, 1.807) is 10.9 Å². The quantitative estimate of drug-likeness (QED) is 0.813. The predicted molar refractivity (Wildman–Crippen MR) is 91.2 cm³/mol. The Hall–Kier alpha value is -2.67. The Morgan fingerprint density at radius 2 is 1.96 bits per heavy atom. The second-order valence-corrected chi connectivity index (χ2v) is 6.25. The van der Waals surface area contributed by atoms with Gasteiger partial charge in [0.25, 0.3) is 0 Å². The Bertz CT molecular complexity index is 751. The van der Waals surface area contributed by atoms with E-state index in [9.17, 15) is 14.7 Å². The van der Waals surface area contributed by atoms with Gasteiger partial charge in [-0.05, 0) is 25.3 Å². The molecule has 2 heterocycles. The van der Waals surface area contributed by atoms with Gasteiger partial charge < -0.3 is 15.2 Å². The minimum absolute atomic E-state index is 0.00312. The van der Waals surface area contributed by atoms with Crippen molar-refractivity contribution >= 4 is 17.6 Å². The third-order valence-corrected chi connectivity index (χ3v) is 4.73. The molecular weight excluding hydrogens is 322 g/mol. The number of nitrogens with zero attached hydrogens (tertiary/aromatic N) is 2. The number of aliphatic carboxylic acids is 1. The average Bonchev–Trinajstić information content (AvgIpc) is 3.10. The molecule has 2 aromatic rings. The van der Waals surface area contributed by atoms with Crippen molar-refractivity contribution in [2.24, 2.45) is 5.41 Å².